The van der Waals surface area contributed by atoms with Crippen LogP contribution in [0, 0.1) is 0 Å². The molecule has 9 nitrogen and oxygen atoms in total. The van der Waals surface area contributed by atoms with Gasteiger partial charge in [-0.05, 0) is 31.2 Å². The van der Waals surface area contributed by atoms with Crippen LogP contribution in [0.15, 0.2) is 36.4 Å². The number of nitrogens with one attached hydrogen (secondary N) is 1. The summed E-state index contributed by atoms with van der Waals surface area (Å²) >= 11 is 12.6. The number of carbonyl (C=O) groups excluding carboxylic acids is 2. The van der Waals surface area contributed by atoms with Gasteiger partial charge in [0.25, 0.3) is 0 Å². The molecule has 0 fully saturated rings. The van der Waals surface area contributed by atoms with Gasteiger partial charge in [0.15, 0.2) is 0 Å². The van der Waals surface area contributed by atoms with Crippen LogP contribution >= 0.6 is 23.2 Å². The third-order valence-electron chi connectivity index (χ3n) is 5.14. The zero-order chi connectivity index (χ0) is 25.6. The fourth-order valence-electron chi connectivity index (χ4n) is 3.23. The summed E-state index contributed by atoms with van der Waals surface area (Å²) in [6, 6.07) is 8.52. The first kappa shape index (κ1) is 27.6. The van der Waals surface area contributed by atoms with E-state index >= 15 is 0 Å². The molecule has 0 spiro atoms. The Morgan fingerprint density at radius 2 is 1.71 bits per heavy atom. The second-order valence-corrected chi connectivity index (χ2v) is 10.0. The van der Waals surface area contributed by atoms with Crippen molar-refractivity contribution >= 4 is 50.7 Å². The third-order valence-corrected chi connectivity index (χ3v) is 6.97. The lowest BCUT2D eigenvalue weighted by molar-refractivity contribution is -0.139. The average molecular weight is 532 g/mol. The van der Waals surface area contributed by atoms with E-state index in [2.05, 4.69) is 5.32 Å². The maximum atomic E-state index is 13.5. The number of likely N-dealkylation sites (N-methyl/N-ethyl adjacent to an activating group) is 1. The van der Waals surface area contributed by atoms with Crippen molar-refractivity contribution in [1.82, 2.24) is 10.2 Å². The smallest absolute Gasteiger partial charge is 0.244 e. The Hall–Kier alpha value is -2.69. The van der Waals surface area contributed by atoms with Crippen LogP contribution in [0.1, 0.15) is 12.5 Å². The largest absolute Gasteiger partial charge is 0.497 e. The quantitative estimate of drug-likeness (QED) is 0.505. The number of carbonyl (C=O) groups is 2. The van der Waals surface area contributed by atoms with Gasteiger partial charge in [-0.2, -0.15) is 0 Å². The van der Waals surface area contributed by atoms with E-state index in [1.54, 1.807) is 24.3 Å². The molecule has 1 unspecified atom stereocenters. The third kappa shape index (κ3) is 6.46. The Bertz CT molecular complexity index is 1140. The van der Waals surface area contributed by atoms with Crippen molar-refractivity contribution in [3.8, 4) is 11.5 Å². The fraction of sp³-hybridized carbons (Fsp3) is 0.364. The molecule has 1 N–H and O–H groups in total. The monoisotopic (exact) mass is 531 g/mol. The summed E-state index contributed by atoms with van der Waals surface area (Å²) in [5.74, 6) is -0.502. The lowest BCUT2D eigenvalue weighted by Gasteiger charge is -2.32. The Balaban J connectivity index is 2.53. The number of sulfonamides is 1. The van der Waals surface area contributed by atoms with Gasteiger partial charge >= 0.3 is 0 Å². The highest BCUT2D eigenvalue weighted by Gasteiger charge is 2.31. The molecule has 1 atom stereocenters. The van der Waals surface area contributed by atoms with E-state index in [-0.39, 0.29) is 18.0 Å². The normalized spacial score (nSPS) is 12.0. The maximum absolute atomic E-state index is 13.5. The molecule has 186 valence electrons. The highest BCUT2D eigenvalue weighted by atomic mass is 35.5. The SMILES string of the molecule is CNC(=O)C(C)N(Cc1c(Cl)cccc1Cl)C(=O)CN(c1cc(OC)ccc1OC)S(C)(=O)=O. The molecule has 2 aromatic rings. The van der Waals surface area contributed by atoms with Gasteiger partial charge in [0, 0.05) is 35.3 Å². The minimum atomic E-state index is -3.95. The Labute approximate surface area is 209 Å². The topological polar surface area (TPSA) is 105 Å². The van der Waals surface area contributed by atoms with Crippen LogP contribution in [0.25, 0.3) is 0 Å². The molecule has 12 heteroatoms. The van der Waals surface area contributed by atoms with Crippen LogP contribution in [0.3, 0.4) is 0 Å². The number of anilines is 1. The number of hydrogen-bond acceptors (Lipinski definition) is 6. The second-order valence-electron chi connectivity index (χ2n) is 7.32. The zero-order valence-corrected chi connectivity index (χ0v) is 21.8. The summed E-state index contributed by atoms with van der Waals surface area (Å²) < 4.78 is 36.9. The summed E-state index contributed by atoms with van der Waals surface area (Å²) in [6.45, 7) is 0.808. The molecule has 0 aliphatic carbocycles. The van der Waals surface area contributed by atoms with Gasteiger partial charge in [-0.25, -0.2) is 8.42 Å². The number of methoxy groups -OCH3 is 2. The average Bonchev–Trinajstić information content (AvgIpc) is 2.80. The van der Waals surface area contributed by atoms with Crippen molar-refractivity contribution in [3.63, 3.8) is 0 Å². The molecule has 2 rings (SSSR count). The van der Waals surface area contributed by atoms with E-state index in [1.807, 2.05) is 0 Å². The minimum Gasteiger partial charge on any atom is -0.497 e. The molecule has 0 saturated carbocycles. The summed E-state index contributed by atoms with van der Waals surface area (Å²) in [6.07, 6.45) is 0.969. The van der Waals surface area contributed by atoms with Gasteiger partial charge in [-0.15, -0.1) is 0 Å². The number of rotatable bonds is 10. The molecular formula is C22H27Cl2N3O6S. The Morgan fingerprint density at radius 3 is 2.21 bits per heavy atom. The summed E-state index contributed by atoms with van der Waals surface area (Å²) in [7, 11) is 0.305. The fourth-order valence-corrected chi connectivity index (χ4v) is 4.59. The first-order chi connectivity index (χ1) is 15.9. The van der Waals surface area contributed by atoms with Crippen LogP contribution in [0.2, 0.25) is 10.0 Å². The highest BCUT2D eigenvalue weighted by Crippen LogP contribution is 2.34. The minimum absolute atomic E-state index is 0.112. The van der Waals surface area contributed by atoms with Crippen LogP contribution in [0.4, 0.5) is 5.69 Å². The molecule has 0 saturated heterocycles. The van der Waals surface area contributed by atoms with E-state index in [1.165, 1.54) is 45.2 Å². The number of halogens is 2. The van der Waals surface area contributed by atoms with Gasteiger partial charge < -0.3 is 19.7 Å². The summed E-state index contributed by atoms with van der Waals surface area (Å²) in [4.78, 5) is 27.1. The number of hydrogen-bond donors (Lipinski definition) is 1. The molecule has 2 amide bonds. The molecule has 34 heavy (non-hydrogen) atoms. The molecule has 2 aromatic carbocycles. The van der Waals surface area contributed by atoms with Crippen LogP contribution in [-0.2, 0) is 26.2 Å². The lowest BCUT2D eigenvalue weighted by atomic mass is 10.1. The van der Waals surface area contributed by atoms with E-state index in [4.69, 9.17) is 32.7 Å². The van der Waals surface area contributed by atoms with E-state index in [0.29, 0.717) is 21.4 Å². The predicted octanol–water partition coefficient (Wildman–Crippen LogP) is 2.94. The van der Waals surface area contributed by atoms with Gasteiger partial charge in [0.2, 0.25) is 21.8 Å². The number of amides is 2. The predicted molar refractivity (Wildman–Crippen MR) is 132 cm³/mol. The summed E-state index contributed by atoms with van der Waals surface area (Å²) in [5, 5.41) is 3.11. The van der Waals surface area contributed by atoms with E-state index in [9.17, 15) is 18.0 Å². The second kappa shape index (κ2) is 11.6. The van der Waals surface area contributed by atoms with E-state index in [0.717, 1.165) is 10.6 Å². The molecule has 0 bridgehead atoms. The zero-order valence-electron chi connectivity index (χ0n) is 19.5. The first-order valence-corrected chi connectivity index (χ1v) is 12.7. The van der Waals surface area contributed by atoms with Crippen molar-refractivity contribution in [2.75, 3.05) is 38.4 Å². The number of benzene rings is 2. The highest BCUT2D eigenvalue weighted by molar-refractivity contribution is 7.92. The van der Waals surface area contributed by atoms with Crippen molar-refractivity contribution in [3.05, 3.63) is 52.0 Å². The Kier molecular flexibility index (Phi) is 9.43. The number of nitrogens with zero attached hydrogens (tertiary/aromatic N) is 2. The molecule has 0 aliphatic rings. The van der Waals surface area contributed by atoms with Crippen molar-refractivity contribution in [1.29, 1.82) is 0 Å². The van der Waals surface area contributed by atoms with Crippen LogP contribution in [0.5, 0.6) is 11.5 Å². The lowest BCUT2D eigenvalue weighted by Crippen LogP contribution is -2.50. The van der Waals surface area contributed by atoms with Crippen molar-refractivity contribution < 1.29 is 27.5 Å². The van der Waals surface area contributed by atoms with Crippen molar-refractivity contribution in [2.24, 2.45) is 0 Å². The Morgan fingerprint density at radius 1 is 1.09 bits per heavy atom. The van der Waals surface area contributed by atoms with Gasteiger partial charge in [0.1, 0.15) is 24.1 Å². The standard InChI is InChI=1S/C22H27Cl2N3O6S/c1-14(22(29)25-2)26(12-16-17(23)7-6-8-18(16)24)21(28)13-27(34(5,30)31)19-11-15(32-3)9-10-20(19)33-4/h6-11,14H,12-13H2,1-5H3,(H,25,29). The van der Waals surface area contributed by atoms with Crippen LogP contribution in [-0.4, -0.2) is 65.2 Å². The molecule has 0 heterocycles. The van der Waals surface area contributed by atoms with Gasteiger partial charge in [-0.3, -0.25) is 13.9 Å². The molecule has 0 aromatic heterocycles. The summed E-state index contributed by atoms with van der Waals surface area (Å²) in [5.41, 5.74) is 0.542. The van der Waals surface area contributed by atoms with Gasteiger partial charge in [-0.1, -0.05) is 29.3 Å². The molecular weight excluding hydrogens is 505 g/mol. The maximum Gasteiger partial charge on any atom is 0.244 e. The van der Waals surface area contributed by atoms with E-state index < -0.39 is 34.4 Å². The number of ether oxygens (including phenoxy) is 2. The van der Waals surface area contributed by atoms with Gasteiger partial charge in [0.05, 0.1) is 26.2 Å². The van der Waals surface area contributed by atoms with Crippen molar-refractivity contribution in [2.45, 2.75) is 19.5 Å². The first-order valence-electron chi connectivity index (χ1n) is 10.1. The molecule has 0 radical (unpaired) electrons. The van der Waals surface area contributed by atoms with Crippen LogP contribution < -0.4 is 19.1 Å². The molecule has 0 aliphatic heterocycles.